The van der Waals surface area contributed by atoms with Crippen molar-refractivity contribution in [3.05, 3.63) is 41.2 Å². The van der Waals surface area contributed by atoms with Gasteiger partial charge in [-0.1, -0.05) is 24.3 Å². The summed E-state index contributed by atoms with van der Waals surface area (Å²) in [5.41, 5.74) is 6.50. The van der Waals surface area contributed by atoms with Gasteiger partial charge in [0.05, 0.1) is 12.7 Å². The fourth-order valence-electron chi connectivity index (χ4n) is 0.938. The summed E-state index contributed by atoms with van der Waals surface area (Å²) in [6, 6.07) is 6.83. The Morgan fingerprint density at radius 2 is 2.33 bits per heavy atom. The van der Waals surface area contributed by atoms with Gasteiger partial charge >= 0.3 is 0 Å². The molecule has 0 fully saturated rings. The molecule has 0 spiro atoms. The first kappa shape index (κ1) is 8.72. The Labute approximate surface area is 71.3 Å². The Morgan fingerprint density at radius 1 is 1.58 bits per heavy atom. The zero-order valence-corrected chi connectivity index (χ0v) is 6.57. The van der Waals surface area contributed by atoms with Crippen LogP contribution in [-0.4, -0.2) is 11.7 Å². The van der Waals surface area contributed by atoms with E-state index in [9.17, 15) is 5.11 Å². The van der Waals surface area contributed by atoms with Gasteiger partial charge in [-0.2, -0.15) is 0 Å². The Kier molecular flexibility index (Phi) is 2.81. The largest absolute Gasteiger partial charge is 0.387 e. The van der Waals surface area contributed by atoms with Crippen LogP contribution in [0.15, 0.2) is 24.3 Å². The highest BCUT2D eigenvalue weighted by molar-refractivity contribution is 5.47. The van der Waals surface area contributed by atoms with E-state index in [1.165, 1.54) is 0 Å². The van der Waals surface area contributed by atoms with Crippen LogP contribution in [0, 0.1) is 6.57 Å². The molecule has 1 rings (SSSR count). The lowest BCUT2D eigenvalue weighted by Crippen LogP contribution is -2.11. The SMILES string of the molecule is [C-]#[N+]c1cccc(C(O)CN)c1. The minimum absolute atomic E-state index is 0.182. The summed E-state index contributed by atoms with van der Waals surface area (Å²) in [4.78, 5) is 3.25. The molecule has 1 aromatic carbocycles. The normalized spacial score (nSPS) is 12.1. The standard InChI is InChI=1S/C9H10N2O/c1-11-8-4-2-3-7(5-8)9(12)6-10/h2-5,9,12H,6,10H2. The van der Waals surface area contributed by atoms with E-state index in [0.29, 0.717) is 11.3 Å². The van der Waals surface area contributed by atoms with Gasteiger partial charge in [0, 0.05) is 6.54 Å². The van der Waals surface area contributed by atoms with E-state index in [4.69, 9.17) is 12.3 Å². The summed E-state index contributed by atoms with van der Waals surface area (Å²) >= 11 is 0. The second-order valence-electron chi connectivity index (χ2n) is 2.46. The molecule has 0 aliphatic rings. The van der Waals surface area contributed by atoms with Gasteiger partial charge in [0.2, 0.25) is 0 Å². The van der Waals surface area contributed by atoms with E-state index in [2.05, 4.69) is 4.85 Å². The Balaban J connectivity index is 2.95. The van der Waals surface area contributed by atoms with Crippen LogP contribution in [0.25, 0.3) is 4.85 Å². The zero-order chi connectivity index (χ0) is 8.97. The van der Waals surface area contributed by atoms with Crippen molar-refractivity contribution in [2.45, 2.75) is 6.10 Å². The van der Waals surface area contributed by atoms with Gasteiger partial charge in [-0.05, 0) is 5.56 Å². The Morgan fingerprint density at radius 3 is 2.92 bits per heavy atom. The van der Waals surface area contributed by atoms with E-state index in [0.717, 1.165) is 0 Å². The highest BCUT2D eigenvalue weighted by Gasteiger charge is 2.04. The maximum atomic E-state index is 9.32. The number of hydrogen-bond donors (Lipinski definition) is 2. The molecule has 12 heavy (non-hydrogen) atoms. The van der Waals surface area contributed by atoms with Gasteiger partial charge in [-0.25, -0.2) is 4.85 Å². The summed E-state index contributed by atoms with van der Waals surface area (Å²) in [6.45, 7) is 6.93. The van der Waals surface area contributed by atoms with Crippen LogP contribution in [-0.2, 0) is 0 Å². The van der Waals surface area contributed by atoms with Gasteiger partial charge in [0.25, 0.3) is 0 Å². The van der Waals surface area contributed by atoms with Crippen LogP contribution >= 0.6 is 0 Å². The lowest BCUT2D eigenvalue weighted by atomic mass is 10.1. The number of benzene rings is 1. The molecule has 0 saturated heterocycles. The van der Waals surface area contributed by atoms with Crippen LogP contribution < -0.4 is 5.73 Å². The Hall–Kier alpha value is -1.37. The molecule has 1 atom stereocenters. The van der Waals surface area contributed by atoms with Gasteiger partial charge in [0.1, 0.15) is 0 Å². The van der Waals surface area contributed by atoms with Crippen LogP contribution in [0.4, 0.5) is 5.69 Å². The van der Waals surface area contributed by atoms with Gasteiger partial charge in [-0.3, -0.25) is 0 Å². The average Bonchev–Trinajstić information content (AvgIpc) is 2.17. The molecule has 0 aliphatic carbocycles. The molecule has 0 saturated carbocycles. The van der Waals surface area contributed by atoms with Crippen molar-refractivity contribution >= 4 is 5.69 Å². The van der Waals surface area contributed by atoms with Gasteiger partial charge in [0.15, 0.2) is 5.69 Å². The third-order valence-electron chi connectivity index (χ3n) is 1.61. The third-order valence-corrected chi connectivity index (χ3v) is 1.61. The molecular weight excluding hydrogens is 152 g/mol. The third kappa shape index (κ3) is 1.82. The molecule has 0 heterocycles. The summed E-state index contributed by atoms with van der Waals surface area (Å²) in [5, 5.41) is 9.32. The zero-order valence-electron chi connectivity index (χ0n) is 6.57. The van der Waals surface area contributed by atoms with Crippen molar-refractivity contribution in [3.8, 4) is 0 Å². The smallest absolute Gasteiger partial charge is 0.187 e. The molecule has 3 nitrogen and oxygen atoms in total. The van der Waals surface area contributed by atoms with E-state index in [-0.39, 0.29) is 6.54 Å². The monoisotopic (exact) mass is 162 g/mol. The molecule has 3 heteroatoms. The summed E-state index contributed by atoms with van der Waals surface area (Å²) < 4.78 is 0. The maximum Gasteiger partial charge on any atom is 0.187 e. The quantitative estimate of drug-likeness (QED) is 0.642. The molecule has 1 aromatic rings. The molecule has 0 radical (unpaired) electrons. The topological polar surface area (TPSA) is 50.6 Å². The van der Waals surface area contributed by atoms with Crippen molar-refractivity contribution in [1.82, 2.24) is 0 Å². The molecule has 3 N–H and O–H groups in total. The molecule has 62 valence electrons. The molecular formula is C9H10N2O. The minimum Gasteiger partial charge on any atom is -0.387 e. The average molecular weight is 162 g/mol. The number of rotatable bonds is 2. The molecule has 0 aromatic heterocycles. The summed E-state index contributed by atoms with van der Waals surface area (Å²) in [5.74, 6) is 0. The maximum absolute atomic E-state index is 9.32. The first-order valence-corrected chi connectivity index (χ1v) is 3.63. The summed E-state index contributed by atoms with van der Waals surface area (Å²) in [6.07, 6.45) is -0.660. The highest BCUT2D eigenvalue weighted by Crippen LogP contribution is 2.18. The van der Waals surface area contributed by atoms with Crippen LogP contribution in [0.1, 0.15) is 11.7 Å². The summed E-state index contributed by atoms with van der Waals surface area (Å²) in [7, 11) is 0. The van der Waals surface area contributed by atoms with Crippen molar-refractivity contribution in [1.29, 1.82) is 0 Å². The van der Waals surface area contributed by atoms with Gasteiger partial charge in [-0.15, -0.1) is 0 Å². The van der Waals surface area contributed by atoms with Crippen molar-refractivity contribution in [2.75, 3.05) is 6.54 Å². The van der Waals surface area contributed by atoms with Crippen LogP contribution in [0.5, 0.6) is 0 Å². The van der Waals surface area contributed by atoms with Crippen molar-refractivity contribution in [3.63, 3.8) is 0 Å². The number of nitrogens with two attached hydrogens (primary N) is 1. The first-order chi connectivity index (χ1) is 5.77. The van der Waals surface area contributed by atoms with Crippen LogP contribution in [0.2, 0.25) is 0 Å². The highest BCUT2D eigenvalue weighted by atomic mass is 16.3. The minimum atomic E-state index is -0.660. The molecule has 0 bridgehead atoms. The predicted octanol–water partition coefficient (Wildman–Crippen LogP) is 1.23. The lowest BCUT2D eigenvalue weighted by molar-refractivity contribution is 0.187. The number of nitrogens with zero attached hydrogens (tertiary/aromatic N) is 1. The molecule has 0 amide bonds. The van der Waals surface area contributed by atoms with Crippen LogP contribution in [0.3, 0.4) is 0 Å². The predicted molar refractivity (Wildman–Crippen MR) is 46.7 cm³/mol. The van der Waals surface area contributed by atoms with E-state index in [1.54, 1.807) is 24.3 Å². The van der Waals surface area contributed by atoms with Gasteiger partial charge < -0.3 is 10.8 Å². The van der Waals surface area contributed by atoms with E-state index in [1.807, 2.05) is 0 Å². The lowest BCUT2D eigenvalue weighted by Gasteiger charge is -2.07. The van der Waals surface area contributed by atoms with E-state index >= 15 is 0 Å². The second kappa shape index (κ2) is 3.86. The van der Waals surface area contributed by atoms with E-state index < -0.39 is 6.10 Å². The Bertz CT molecular complexity index is 304. The first-order valence-electron chi connectivity index (χ1n) is 3.63. The number of aliphatic hydroxyl groups is 1. The second-order valence-corrected chi connectivity index (χ2v) is 2.46. The molecule has 1 unspecified atom stereocenters. The number of hydrogen-bond acceptors (Lipinski definition) is 2. The van der Waals surface area contributed by atoms with Crippen molar-refractivity contribution in [2.24, 2.45) is 5.73 Å². The van der Waals surface area contributed by atoms with Crippen molar-refractivity contribution < 1.29 is 5.11 Å². The number of aliphatic hydroxyl groups excluding tert-OH is 1. The fourth-order valence-corrected chi connectivity index (χ4v) is 0.938. The fraction of sp³-hybridized carbons (Fsp3) is 0.222. The molecule has 0 aliphatic heterocycles.